The SMILES string of the molecule is CS(=O)(=O)N1CC2(CCN(C(=O)[C@@H](COCc3ccccc3)NC(=O)[C@@H](N)CO)CC2)c2ccccc21. The van der Waals surface area contributed by atoms with E-state index in [9.17, 15) is 23.1 Å². The number of fused-ring (bicyclic) bond motifs is 2. The molecule has 0 aliphatic carbocycles. The van der Waals surface area contributed by atoms with E-state index < -0.39 is 34.6 Å². The number of carbonyl (C=O) groups excluding carboxylic acids is 2. The number of nitrogens with two attached hydrogens (primary N) is 1. The number of benzene rings is 2. The van der Waals surface area contributed by atoms with Crippen LogP contribution in [0.2, 0.25) is 0 Å². The second-order valence-corrected chi connectivity index (χ2v) is 11.7. The van der Waals surface area contributed by atoms with E-state index in [0.29, 0.717) is 38.2 Å². The van der Waals surface area contributed by atoms with Gasteiger partial charge in [0.1, 0.15) is 12.1 Å². The number of nitrogens with zero attached hydrogens (tertiary/aromatic N) is 2. The minimum atomic E-state index is -3.44. The molecule has 10 nitrogen and oxygen atoms in total. The Morgan fingerprint density at radius 1 is 1.11 bits per heavy atom. The number of para-hydroxylation sites is 1. The lowest BCUT2D eigenvalue weighted by atomic mass is 9.74. The molecule has 0 bridgehead atoms. The molecule has 0 radical (unpaired) electrons. The summed E-state index contributed by atoms with van der Waals surface area (Å²) in [5.74, 6) is -0.932. The van der Waals surface area contributed by atoms with E-state index in [-0.39, 0.29) is 24.5 Å². The average molecular weight is 531 g/mol. The topological polar surface area (TPSA) is 142 Å². The summed E-state index contributed by atoms with van der Waals surface area (Å²) in [5, 5.41) is 11.9. The standard InChI is InChI=1S/C26H34N4O6S/c1-37(34,35)30-18-26(20-9-5-6-10-23(20)30)11-13-29(14-12-26)25(33)22(28-24(32)21(27)15-31)17-36-16-19-7-3-2-4-8-19/h2-10,21-22,31H,11-18,27H2,1H3,(H,28,32)/t21-,22+/m0/s1. The van der Waals surface area contributed by atoms with E-state index in [0.717, 1.165) is 11.1 Å². The van der Waals surface area contributed by atoms with Gasteiger partial charge in [0.25, 0.3) is 0 Å². The van der Waals surface area contributed by atoms with Crippen molar-refractivity contribution in [2.24, 2.45) is 5.73 Å². The van der Waals surface area contributed by atoms with Crippen LogP contribution in [-0.4, -0.2) is 81.4 Å². The number of hydrogen-bond acceptors (Lipinski definition) is 7. The third-order valence-electron chi connectivity index (χ3n) is 7.17. The molecule has 0 unspecified atom stereocenters. The fourth-order valence-electron chi connectivity index (χ4n) is 5.09. The summed E-state index contributed by atoms with van der Waals surface area (Å²) in [7, 11) is -3.44. The number of hydrogen-bond donors (Lipinski definition) is 3. The van der Waals surface area contributed by atoms with Crippen LogP contribution in [-0.2, 0) is 36.4 Å². The van der Waals surface area contributed by atoms with Crippen molar-refractivity contribution in [1.82, 2.24) is 10.2 Å². The predicted octanol–water partition coefficient (Wildman–Crippen LogP) is 0.348. The molecule has 4 N–H and O–H groups in total. The summed E-state index contributed by atoms with van der Waals surface area (Å²) < 4.78 is 32.1. The van der Waals surface area contributed by atoms with Gasteiger partial charge in [-0.3, -0.25) is 13.9 Å². The van der Waals surface area contributed by atoms with Gasteiger partial charge in [-0.25, -0.2) is 8.42 Å². The Hall–Kier alpha value is -2.99. The largest absolute Gasteiger partial charge is 0.394 e. The average Bonchev–Trinajstić information content (AvgIpc) is 3.22. The molecule has 200 valence electrons. The van der Waals surface area contributed by atoms with Gasteiger partial charge in [0.05, 0.1) is 31.8 Å². The van der Waals surface area contributed by atoms with E-state index in [2.05, 4.69) is 5.32 Å². The van der Waals surface area contributed by atoms with Gasteiger partial charge in [-0.2, -0.15) is 0 Å². The van der Waals surface area contributed by atoms with Crippen molar-refractivity contribution in [1.29, 1.82) is 0 Å². The zero-order valence-corrected chi connectivity index (χ0v) is 21.7. The highest BCUT2D eigenvalue weighted by molar-refractivity contribution is 7.92. The predicted molar refractivity (Wildman–Crippen MR) is 139 cm³/mol. The molecule has 2 amide bonds. The molecule has 37 heavy (non-hydrogen) atoms. The highest BCUT2D eigenvalue weighted by Crippen LogP contribution is 2.47. The van der Waals surface area contributed by atoms with Crippen LogP contribution in [0.5, 0.6) is 0 Å². The third kappa shape index (κ3) is 5.96. The molecule has 2 aliphatic heterocycles. The summed E-state index contributed by atoms with van der Waals surface area (Å²) in [6.07, 6.45) is 2.38. The van der Waals surface area contributed by atoms with E-state index in [4.69, 9.17) is 10.5 Å². The summed E-state index contributed by atoms with van der Waals surface area (Å²) in [6.45, 7) is 0.834. The number of aliphatic hydroxyl groups is 1. The van der Waals surface area contributed by atoms with Gasteiger partial charge in [0, 0.05) is 25.0 Å². The number of piperidine rings is 1. The highest BCUT2D eigenvalue weighted by atomic mass is 32.2. The van der Waals surface area contributed by atoms with Crippen LogP contribution in [0.3, 0.4) is 0 Å². The van der Waals surface area contributed by atoms with Crippen molar-refractivity contribution in [3.63, 3.8) is 0 Å². The van der Waals surface area contributed by atoms with Crippen LogP contribution in [0.4, 0.5) is 5.69 Å². The van der Waals surface area contributed by atoms with E-state index in [1.165, 1.54) is 10.6 Å². The maximum Gasteiger partial charge on any atom is 0.247 e. The first-order chi connectivity index (χ1) is 17.6. The lowest BCUT2D eigenvalue weighted by Gasteiger charge is -2.41. The molecule has 4 rings (SSSR count). The lowest BCUT2D eigenvalue weighted by molar-refractivity contribution is -0.140. The number of amides is 2. The third-order valence-corrected chi connectivity index (χ3v) is 8.29. The van der Waals surface area contributed by atoms with Gasteiger partial charge in [0.15, 0.2) is 0 Å². The molecular weight excluding hydrogens is 496 g/mol. The number of aliphatic hydroxyl groups excluding tert-OH is 1. The van der Waals surface area contributed by atoms with E-state index in [1.807, 2.05) is 54.6 Å². The Labute approximate surface area is 217 Å². The molecule has 1 saturated heterocycles. The molecule has 2 atom stereocenters. The van der Waals surface area contributed by atoms with Crippen LogP contribution in [0.15, 0.2) is 54.6 Å². The number of ether oxygens (including phenoxy) is 1. The van der Waals surface area contributed by atoms with E-state index >= 15 is 0 Å². The molecule has 2 aromatic rings. The first-order valence-corrected chi connectivity index (χ1v) is 14.1. The van der Waals surface area contributed by atoms with Gasteiger partial charge in [0.2, 0.25) is 21.8 Å². The lowest BCUT2D eigenvalue weighted by Crippen LogP contribution is -2.57. The summed E-state index contributed by atoms with van der Waals surface area (Å²) in [6, 6.07) is 14.9. The smallest absolute Gasteiger partial charge is 0.247 e. The van der Waals surface area contributed by atoms with Crippen molar-refractivity contribution in [2.75, 3.05) is 43.4 Å². The highest BCUT2D eigenvalue weighted by Gasteiger charge is 2.47. The maximum atomic E-state index is 13.5. The fourth-order valence-corrected chi connectivity index (χ4v) is 6.09. The van der Waals surface area contributed by atoms with Gasteiger partial charge < -0.3 is 25.8 Å². The van der Waals surface area contributed by atoms with Gasteiger partial charge in [-0.15, -0.1) is 0 Å². The summed E-state index contributed by atoms with van der Waals surface area (Å²) in [5.41, 5.74) is 7.89. The van der Waals surface area contributed by atoms with Gasteiger partial charge in [-0.1, -0.05) is 48.5 Å². The zero-order chi connectivity index (χ0) is 26.6. The van der Waals surface area contributed by atoms with E-state index in [1.54, 1.807) is 4.90 Å². The number of nitrogens with one attached hydrogen (secondary N) is 1. The van der Waals surface area contributed by atoms with Crippen molar-refractivity contribution in [3.8, 4) is 0 Å². The fraction of sp³-hybridized carbons (Fsp3) is 0.462. The number of rotatable bonds is 9. The van der Waals surface area contributed by atoms with Crippen LogP contribution in [0.25, 0.3) is 0 Å². The first kappa shape index (κ1) is 27.1. The summed E-state index contributed by atoms with van der Waals surface area (Å²) >= 11 is 0. The van der Waals surface area contributed by atoms with Gasteiger partial charge >= 0.3 is 0 Å². The Morgan fingerprint density at radius 2 is 1.76 bits per heavy atom. The number of carbonyl (C=O) groups is 2. The molecular formula is C26H34N4O6S. The number of sulfonamides is 1. The minimum Gasteiger partial charge on any atom is -0.394 e. The Kier molecular flexibility index (Phi) is 8.17. The van der Waals surface area contributed by atoms with Crippen LogP contribution < -0.4 is 15.4 Å². The minimum absolute atomic E-state index is 0.0516. The second kappa shape index (κ2) is 11.2. The Bertz CT molecular complexity index is 1210. The zero-order valence-electron chi connectivity index (χ0n) is 20.9. The van der Waals surface area contributed by atoms with Crippen molar-refractivity contribution in [3.05, 3.63) is 65.7 Å². The number of anilines is 1. The quantitative estimate of drug-likeness (QED) is 0.425. The molecule has 0 aromatic heterocycles. The van der Waals surface area contributed by atoms with Crippen LogP contribution in [0.1, 0.15) is 24.0 Å². The first-order valence-electron chi connectivity index (χ1n) is 12.3. The van der Waals surface area contributed by atoms with Gasteiger partial charge in [-0.05, 0) is 30.0 Å². The van der Waals surface area contributed by atoms with Crippen LogP contribution in [0, 0.1) is 0 Å². The number of likely N-dealkylation sites (tertiary alicyclic amines) is 1. The molecule has 2 aliphatic rings. The Balaban J connectivity index is 1.45. The second-order valence-electron chi connectivity index (χ2n) is 9.74. The summed E-state index contributed by atoms with van der Waals surface area (Å²) in [4.78, 5) is 27.6. The molecule has 11 heteroatoms. The normalized spacial score (nSPS) is 18.4. The van der Waals surface area contributed by atoms with Crippen LogP contribution >= 0.6 is 0 Å². The maximum absolute atomic E-state index is 13.5. The molecule has 0 saturated carbocycles. The monoisotopic (exact) mass is 530 g/mol. The molecule has 1 fully saturated rings. The molecule has 1 spiro atoms. The molecule has 2 heterocycles. The van der Waals surface area contributed by atoms with Crippen molar-refractivity contribution < 1.29 is 27.9 Å². The Morgan fingerprint density at radius 3 is 2.41 bits per heavy atom. The van der Waals surface area contributed by atoms with Crippen molar-refractivity contribution in [2.45, 2.75) is 36.9 Å². The van der Waals surface area contributed by atoms with Crippen molar-refractivity contribution >= 4 is 27.5 Å². The molecule has 2 aromatic carbocycles.